The van der Waals surface area contributed by atoms with E-state index < -0.39 is 5.60 Å². The van der Waals surface area contributed by atoms with Crippen molar-refractivity contribution in [3.8, 4) is 0 Å². The normalized spacial score (nSPS) is 15.3. The summed E-state index contributed by atoms with van der Waals surface area (Å²) >= 11 is 3.59. The highest BCUT2D eigenvalue weighted by molar-refractivity contribution is 9.10. The number of carbonyl (C=O) groups excluding carboxylic acids is 2. The molecule has 5 heteroatoms. The van der Waals surface area contributed by atoms with Crippen LogP contribution in [-0.4, -0.2) is 17.5 Å². The molecule has 0 aromatic heterocycles. The van der Waals surface area contributed by atoms with E-state index in [1.807, 2.05) is 45.9 Å². The molecule has 4 nitrogen and oxygen atoms in total. The zero-order chi connectivity index (χ0) is 24.2. The van der Waals surface area contributed by atoms with Crippen molar-refractivity contribution in [2.75, 3.05) is 5.32 Å². The maximum atomic E-state index is 13.2. The monoisotopic (exact) mass is 513 g/mol. The molecule has 1 saturated carbocycles. The number of halogens is 1. The number of aryl methyl sites for hydroxylation is 2. The van der Waals surface area contributed by atoms with Crippen LogP contribution >= 0.6 is 15.9 Å². The second-order valence-corrected chi connectivity index (χ2v) is 11.2. The van der Waals surface area contributed by atoms with E-state index in [2.05, 4.69) is 46.4 Å². The fraction of sp³-hybridized carbons (Fsp3) is 0.500. The van der Waals surface area contributed by atoms with Crippen molar-refractivity contribution in [1.82, 2.24) is 0 Å². The summed E-state index contributed by atoms with van der Waals surface area (Å²) in [5, 5.41) is 3.16. The molecule has 2 aromatic rings. The molecule has 1 N–H and O–H groups in total. The van der Waals surface area contributed by atoms with Crippen LogP contribution in [0.2, 0.25) is 0 Å². The molecule has 0 saturated heterocycles. The van der Waals surface area contributed by atoms with Gasteiger partial charge in [-0.1, -0.05) is 53.0 Å². The Bertz CT molecular complexity index is 1020. The Kier molecular flexibility index (Phi) is 8.04. The fourth-order valence-electron chi connectivity index (χ4n) is 4.81. The maximum Gasteiger partial charge on any atom is 0.306 e. The van der Waals surface area contributed by atoms with Crippen molar-refractivity contribution in [3.05, 3.63) is 63.1 Å². The number of benzene rings is 2. The largest absolute Gasteiger partial charge is 0.460 e. The van der Waals surface area contributed by atoms with Crippen molar-refractivity contribution in [1.29, 1.82) is 0 Å². The average molecular weight is 515 g/mol. The van der Waals surface area contributed by atoms with Crippen LogP contribution in [0.25, 0.3) is 0 Å². The van der Waals surface area contributed by atoms with Gasteiger partial charge in [-0.15, -0.1) is 0 Å². The van der Waals surface area contributed by atoms with Crippen molar-refractivity contribution in [2.24, 2.45) is 0 Å². The number of rotatable bonds is 7. The number of hydrogen-bond donors (Lipinski definition) is 1. The van der Waals surface area contributed by atoms with Crippen LogP contribution in [-0.2, 0) is 26.2 Å². The second-order valence-electron chi connectivity index (χ2n) is 10.4. The van der Waals surface area contributed by atoms with Gasteiger partial charge < -0.3 is 10.1 Å². The molecule has 3 rings (SSSR count). The van der Waals surface area contributed by atoms with Gasteiger partial charge in [-0.25, -0.2) is 0 Å². The summed E-state index contributed by atoms with van der Waals surface area (Å²) in [5.74, 6) is -0.158. The lowest BCUT2D eigenvalue weighted by Crippen LogP contribution is -2.29. The zero-order valence-corrected chi connectivity index (χ0v) is 22.1. The number of hydrogen-bond acceptors (Lipinski definition) is 3. The summed E-state index contributed by atoms with van der Waals surface area (Å²) in [6.07, 6.45) is 5.78. The van der Waals surface area contributed by atoms with Crippen LogP contribution in [0.3, 0.4) is 0 Å². The van der Waals surface area contributed by atoms with E-state index in [9.17, 15) is 9.59 Å². The Balaban J connectivity index is 1.70. The van der Waals surface area contributed by atoms with Gasteiger partial charge in [0.1, 0.15) is 5.60 Å². The Hall–Kier alpha value is -2.14. The Morgan fingerprint density at radius 1 is 1.09 bits per heavy atom. The average Bonchev–Trinajstić information content (AvgIpc) is 3.19. The first-order chi connectivity index (χ1) is 15.5. The molecule has 0 unspecified atom stereocenters. The third kappa shape index (κ3) is 6.69. The van der Waals surface area contributed by atoms with Crippen molar-refractivity contribution in [3.63, 3.8) is 0 Å². The summed E-state index contributed by atoms with van der Waals surface area (Å²) in [5.41, 5.74) is 4.77. The number of esters is 1. The van der Waals surface area contributed by atoms with Gasteiger partial charge >= 0.3 is 5.97 Å². The minimum Gasteiger partial charge on any atom is -0.460 e. The van der Waals surface area contributed by atoms with Gasteiger partial charge in [-0.2, -0.15) is 0 Å². The number of amides is 1. The van der Waals surface area contributed by atoms with Crippen molar-refractivity contribution in [2.45, 2.75) is 90.6 Å². The van der Waals surface area contributed by atoms with Crippen LogP contribution in [0.5, 0.6) is 0 Å². The first-order valence-corrected chi connectivity index (χ1v) is 12.7. The van der Waals surface area contributed by atoms with Gasteiger partial charge in [-0.05, 0) is 88.3 Å². The molecule has 33 heavy (non-hydrogen) atoms. The molecule has 0 radical (unpaired) electrons. The van der Waals surface area contributed by atoms with Crippen LogP contribution in [0.1, 0.15) is 81.5 Å². The summed E-state index contributed by atoms with van der Waals surface area (Å²) in [6.45, 7) is 9.73. The Labute approximate surface area is 206 Å². The molecule has 1 aliphatic carbocycles. The van der Waals surface area contributed by atoms with Crippen LogP contribution < -0.4 is 5.32 Å². The van der Waals surface area contributed by atoms with Gasteiger partial charge in [0.25, 0.3) is 0 Å². The minimum atomic E-state index is -0.481. The van der Waals surface area contributed by atoms with E-state index in [1.54, 1.807) is 0 Å². The predicted molar refractivity (Wildman–Crippen MR) is 138 cm³/mol. The van der Waals surface area contributed by atoms with Gasteiger partial charge in [0, 0.05) is 28.4 Å². The lowest BCUT2D eigenvalue weighted by atomic mass is 9.75. The van der Waals surface area contributed by atoms with Crippen molar-refractivity contribution < 1.29 is 14.3 Å². The SMILES string of the molecule is Cc1cc(C2(CC(=O)Nc3cccc(CCC(=O)OC(C)(C)C)c3C)CCCC2)ccc1Br. The summed E-state index contributed by atoms with van der Waals surface area (Å²) in [4.78, 5) is 25.3. The summed E-state index contributed by atoms with van der Waals surface area (Å²) < 4.78 is 6.53. The van der Waals surface area contributed by atoms with E-state index in [0.717, 1.165) is 47.0 Å². The highest BCUT2D eigenvalue weighted by Crippen LogP contribution is 2.44. The first kappa shape index (κ1) is 25.5. The smallest absolute Gasteiger partial charge is 0.306 e. The van der Waals surface area contributed by atoms with Crippen LogP contribution in [0.15, 0.2) is 40.9 Å². The quantitative estimate of drug-likeness (QED) is 0.398. The van der Waals surface area contributed by atoms with E-state index in [4.69, 9.17) is 4.74 Å². The first-order valence-electron chi connectivity index (χ1n) is 11.9. The minimum absolute atomic E-state index is 0.0462. The fourth-order valence-corrected chi connectivity index (χ4v) is 5.06. The zero-order valence-electron chi connectivity index (χ0n) is 20.5. The van der Waals surface area contributed by atoms with E-state index in [-0.39, 0.29) is 17.3 Å². The number of anilines is 1. The Morgan fingerprint density at radius 2 is 1.79 bits per heavy atom. The third-order valence-electron chi connectivity index (χ3n) is 6.57. The molecule has 1 amide bonds. The second kappa shape index (κ2) is 10.4. The molecule has 0 atom stereocenters. The summed E-state index contributed by atoms with van der Waals surface area (Å²) in [6, 6.07) is 12.4. The topological polar surface area (TPSA) is 55.4 Å². The predicted octanol–water partition coefficient (Wildman–Crippen LogP) is 7.18. The molecule has 1 aliphatic rings. The summed E-state index contributed by atoms with van der Waals surface area (Å²) in [7, 11) is 0. The molecule has 2 aromatic carbocycles. The van der Waals surface area contributed by atoms with Gasteiger partial charge in [0.15, 0.2) is 0 Å². The molecule has 0 heterocycles. The third-order valence-corrected chi connectivity index (χ3v) is 7.46. The highest BCUT2D eigenvalue weighted by atomic mass is 79.9. The molecule has 0 spiro atoms. The van der Waals surface area contributed by atoms with Gasteiger partial charge in [0.2, 0.25) is 5.91 Å². The molecular formula is C28H36BrNO3. The lowest BCUT2D eigenvalue weighted by Gasteiger charge is -2.30. The lowest BCUT2D eigenvalue weighted by molar-refractivity contribution is -0.154. The molecule has 0 bridgehead atoms. The Morgan fingerprint density at radius 3 is 2.42 bits per heavy atom. The van der Waals surface area contributed by atoms with Gasteiger partial charge in [0.05, 0.1) is 0 Å². The standard InChI is InChI=1S/C28H36BrNO3/c1-19-17-22(12-13-23(19)29)28(15-6-7-16-28)18-25(31)30-24-10-8-9-21(20(24)2)11-14-26(32)33-27(3,4)5/h8-10,12-13,17H,6-7,11,14-16,18H2,1-5H3,(H,30,31). The van der Waals surface area contributed by atoms with E-state index >= 15 is 0 Å². The number of ether oxygens (including phenoxy) is 1. The van der Waals surface area contributed by atoms with E-state index in [0.29, 0.717) is 19.3 Å². The van der Waals surface area contributed by atoms with Crippen LogP contribution in [0, 0.1) is 13.8 Å². The van der Waals surface area contributed by atoms with Crippen molar-refractivity contribution >= 4 is 33.5 Å². The van der Waals surface area contributed by atoms with Crippen LogP contribution in [0.4, 0.5) is 5.69 Å². The molecule has 0 aliphatic heterocycles. The highest BCUT2D eigenvalue weighted by Gasteiger charge is 2.38. The molecule has 178 valence electrons. The van der Waals surface area contributed by atoms with E-state index in [1.165, 1.54) is 11.1 Å². The molecule has 1 fully saturated rings. The number of nitrogens with one attached hydrogen (secondary N) is 1. The van der Waals surface area contributed by atoms with Gasteiger partial charge in [-0.3, -0.25) is 9.59 Å². The number of carbonyl (C=O) groups is 2. The molecular weight excluding hydrogens is 478 g/mol. The maximum absolute atomic E-state index is 13.2.